The van der Waals surface area contributed by atoms with Crippen LogP contribution >= 0.6 is 24.8 Å². The summed E-state index contributed by atoms with van der Waals surface area (Å²) >= 11 is 0. The molecule has 2 atom stereocenters. The van der Waals surface area contributed by atoms with E-state index in [1.165, 1.54) is 0 Å². The Morgan fingerprint density at radius 3 is 2.69 bits per heavy atom. The molecule has 0 aromatic carbocycles. The number of halogens is 2. The fourth-order valence-corrected chi connectivity index (χ4v) is 4.02. The molecule has 0 radical (unpaired) electrons. The third-order valence-electron chi connectivity index (χ3n) is 5.65. The van der Waals surface area contributed by atoms with Crippen molar-refractivity contribution in [1.29, 1.82) is 0 Å². The Hall–Kier alpha value is -1.12. The minimum absolute atomic E-state index is 0. The van der Waals surface area contributed by atoms with Gasteiger partial charge in [-0.1, -0.05) is 0 Å². The van der Waals surface area contributed by atoms with Crippen LogP contribution in [0.2, 0.25) is 0 Å². The van der Waals surface area contributed by atoms with Crippen LogP contribution < -0.4 is 16.4 Å². The summed E-state index contributed by atoms with van der Waals surface area (Å²) in [5.41, 5.74) is 8.44. The molecule has 2 aliphatic heterocycles. The average Bonchev–Trinajstić information content (AvgIpc) is 2.89. The van der Waals surface area contributed by atoms with Gasteiger partial charge in [-0.25, -0.2) is 0 Å². The SMILES string of the molecule is Cc1cnccc1NCCNC(=O)[C@@H]1CC[C@H](N)CN(C2CCOCC2)C1.Cl.Cl. The minimum Gasteiger partial charge on any atom is -0.383 e. The van der Waals surface area contributed by atoms with Gasteiger partial charge in [0.25, 0.3) is 0 Å². The van der Waals surface area contributed by atoms with Crippen LogP contribution in [-0.2, 0) is 9.53 Å². The summed E-state index contributed by atoms with van der Waals surface area (Å²) in [4.78, 5) is 19.2. The number of nitrogens with two attached hydrogens (primary N) is 1. The first-order valence-corrected chi connectivity index (χ1v) is 10.1. The van der Waals surface area contributed by atoms with Crippen molar-refractivity contribution in [2.24, 2.45) is 11.7 Å². The molecule has 4 N–H and O–H groups in total. The van der Waals surface area contributed by atoms with E-state index in [9.17, 15) is 4.79 Å². The van der Waals surface area contributed by atoms with Crippen LogP contribution in [0.15, 0.2) is 18.5 Å². The van der Waals surface area contributed by atoms with E-state index in [1.54, 1.807) is 6.20 Å². The highest BCUT2D eigenvalue weighted by atomic mass is 35.5. The van der Waals surface area contributed by atoms with Crippen molar-refractivity contribution in [1.82, 2.24) is 15.2 Å². The second-order valence-electron chi connectivity index (χ2n) is 7.74. The summed E-state index contributed by atoms with van der Waals surface area (Å²) in [6.07, 6.45) is 7.45. The molecule has 7 nitrogen and oxygen atoms in total. The number of aromatic nitrogens is 1. The van der Waals surface area contributed by atoms with E-state index < -0.39 is 0 Å². The summed E-state index contributed by atoms with van der Waals surface area (Å²) in [5, 5.41) is 6.45. The van der Waals surface area contributed by atoms with Crippen LogP contribution in [0.4, 0.5) is 5.69 Å². The Morgan fingerprint density at radius 1 is 1.21 bits per heavy atom. The van der Waals surface area contributed by atoms with Gasteiger partial charge in [-0.15, -0.1) is 24.8 Å². The monoisotopic (exact) mass is 447 g/mol. The Labute approximate surface area is 186 Å². The van der Waals surface area contributed by atoms with E-state index >= 15 is 0 Å². The van der Waals surface area contributed by atoms with E-state index in [4.69, 9.17) is 10.5 Å². The maximum absolute atomic E-state index is 12.7. The third kappa shape index (κ3) is 7.90. The molecule has 1 amide bonds. The topological polar surface area (TPSA) is 92.5 Å². The van der Waals surface area contributed by atoms with Crippen molar-refractivity contribution >= 4 is 36.4 Å². The van der Waals surface area contributed by atoms with Crippen LogP contribution in [0, 0.1) is 12.8 Å². The summed E-state index contributed by atoms with van der Waals surface area (Å²) in [7, 11) is 0. The van der Waals surface area contributed by atoms with E-state index in [-0.39, 0.29) is 42.7 Å². The van der Waals surface area contributed by atoms with Crippen molar-refractivity contribution in [2.75, 3.05) is 44.7 Å². The molecule has 2 aliphatic rings. The number of carbonyl (C=O) groups excluding carboxylic acids is 1. The number of carbonyl (C=O) groups is 1. The van der Waals surface area contributed by atoms with E-state index in [2.05, 4.69) is 20.5 Å². The van der Waals surface area contributed by atoms with Gasteiger partial charge in [0, 0.05) is 69.6 Å². The number of nitrogens with zero attached hydrogens (tertiary/aromatic N) is 2. The number of rotatable bonds is 6. The third-order valence-corrected chi connectivity index (χ3v) is 5.65. The molecule has 1 aromatic rings. The lowest BCUT2D eigenvalue weighted by molar-refractivity contribution is -0.125. The molecule has 2 fully saturated rings. The molecular weight excluding hydrogens is 413 g/mol. The van der Waals surface area contributed by atoms with Crippen LogP contribution in [0.1, 0.15) is 31.2 Å². The summed E-state index contributed by atoms with van der Waals surface area (Å²) < 4.78 is 5.49. The first-order chi connectivity index (χ1) is 13.1. The van der Waals surface area contributed by atoms with Crippen molar-refractivity contribution in [3.63, 3.8) is 0 Å². The van der Waals surface area contributed by atoms with Crippen LogP contribution in [-0.4, -0.2) is 67.3 Å². The van der Waals surface area contributed by atoms with Crippen molar-refractivity contribution in [3.8, 4) is 0 Å². The number of hydrogen-bond donors (Lipinski definition) is 3. The van der Waals surface area contributed by atoms with Crippen molar-refractivity contribution < 1.29 is 9.53 Å². The lowest BCUT2D eigenvalue weighted by atomic mass is 10.0. The van der Waals surface area contributed by atoms with Gasteiger partial charge in [0.1, 0.15) is 0 Å². The minimum atomic E-state index is 0. The molecule has 0 spiro atoms. The molecule has 1 aromatic heterocycles. The van der Waals surface area contributed by atoms with Gasteiger partial charge >= 0.3 is 0 Å². The van der Waals surface area contributed by atoms with Gasteiger partial charge in [-0.2, -0.15) is 0 Å². The second-order valence-corrected chi connectivity index (χ2v) is 7.74. The van der Waals surface area contributed by atoms with E-state index in [0.717, 1.165) is 63.2 Å². The number of aryl methyl sites for hydroxylation is 1. The smallest absolute Gasteiger partial charge is 0.224 e. The fourth-order valence-electron chi connectivity index (χ4n) is 4.02. The lowest BCUT2D eigenvalue weighted by Crippen LogP contribution is -2.47. The molecule has 3 rings (SSSR count). The van der Waals surface area contributed by atoms with Gasteiger partial charge < -0.3 is 21.1 Å². The predicted molar refractivity (Wildman–Crippen MR) is 121 cm³/mol. The zero-order valence-corrected chi connectivity index (χ0v) is 18.8. The number of amides is 1. The molecule has 0 bridgehead atoms. The maximum Gasteiger partial charge on any atom is 0.224 e. The van der Waals surface area contributed by atoms with Gasteiger partial charge in [0.15, 0.2) is 0 Å². The molecule has 0 aliphatic carbocycles. The zero-order valence-electron chi connectivity index (χ0n) is 17.1. The first-order valence-electron chi connectivity index (χ1n) is 10.1. The zero-order chi connectivity index (χ0) is 19.1. The molecule has 0 unspecified atom stereocenters. The van der Waals surface area contributed by atoms with Crippen molar-refractivity contribution in [3.05, 3.63) is 24.0 Å². The second kappa shape index (κ2) is 13.2. The molecule has 166 valence electrons. The number of anilines is 1. The maximum atomic E-state index is 12.7. The van der Waals surface area contributed by atoms with Crippen LogP contribution in [0.5, 0.6) is 0 Å². The van der Waals surface area contributed by atoms with E-state index in [1.807, 2.05) is 19.2 Å². The Balaban J connectivity index is 0.00000210. The van der Waals surface area contributed by atoms with Crippen LogP contribution in [0.25, 0.3) is 0 Å². The highest BCUT2D eigenvalue weighted by Gasteiger charge is 2.31. The Bertz CT molecular complexity index is 616. The Kier molecular flexibility index (Phi) is 11.8. The number of ether oxygens (including phenoxy) is 1. The standard InChI is InChI=1S/C20H33N5O2.2ClH/c1-15-12-22-7-4-19(15)23-8-9-24-20(26)16-2-3-17(21)14-25(13-16)18-5-10-27-11-6-18;;/h4,7,12,16-18H,2-3,5-6,8-11,13-14,21H2,1H3,(H,22,23)(H,24,26);2*1H/t16-,17+;;/m1../s1. The number of likely N-dealkylation sites (tertiary alicyclic amines) is 1. The lowest BCUT2D eigenvalue weighted by Gasteiger charge is -2.35. The molecule has 0 saturated carbocycles. The highest BCUT2D eigenvalue weighted by Crippen LogP contribution is 2.22. The van der Waals surface area contributed by atoms with Crippen molar-refractivity contribution in [2.45, 2.75) is 44.7 Å². The van der Waals surface area contributed by atoms with Crippen LogP contribution in [0.3, 0.4) is 0 Å². The molecule has 3 heterocycles. The van der Waals surface area contributed by atoms with Gasteiger partial charge in [0.05, 0.1) is 5.92 Å². The summed E-state index contributed by atoms with van der Waals surface area (Å²) in [6, 6.07) is 2.60. The quantitative estimate of drug-likeness (QED) is 0.577. The van der Waals surface area contributed by atoms with E-state index in [0.29, 0.717) is 19.1 Å². The molecular formula is C20H35Cl2N5O2. The predicted octanol–water partition coefficient (Wildman–Crippen LogP) is 1.98. The van der Waals surface area contributed by atoms with Gasteiger partial charge in [0.2, 0.25) is 5.91 Å². The molecule has 9 heteroatoms. The van der Waals surface area contributed by atoms with Gasteiger partial charge in [-0.3, -0.25) is 14.7 Å². The molecule has 2 saturated heterocycles. The summed E-state index contributed by atoms with van der Waals surface area (Å²) in [6.45, 7) is 6.65. The number of nitrogens with one attached hydrogen (secondary N) is 2. The number of pyridine rings is 1. The summed E-state index contributed by atoms with van der Waals surface area (Å²) in [5.74, 6) is 0.165. The highest BCUT2D eigenvalue weighted by molar-refractivity contribution is 5.85. The van der Waals surface area contributed by atoms with Gasteiger partial charge in [-0.05, 0) is 44.2 Å². The molecule has 29 heavy (non-hydrogen) atoms. The fraction of sp³-hybridized carbons (Fsp3) is 0.700. The largest absolute Gasteiger partial charge is 0.383 e. The average molecular weight is 448 g/mol. The Morgan fingerprint density at radius 2 is 1.97 bits per heavy atom. The first kappa shape index (κ1) is 25.9. The number of hydrogen-bond acceptors (Lipinski definition) is 6. The normalized spacial score (nSPS) is 23.2.